The SMILES string of the molecule is Cc1ccnc(Oc2ccccc2Br)c1C(N)=S. The Labute approximate surface area is 119 Å². The van der Waals surface area contributed by atoms with Gasteiger partial charge < -0.3 is 10.5 Å². The maximum atomic E-state index is 5.76. The Hall–Kier alpha value is -1.46. The fourth-order valence-electron chi connectivity index (χ4n) is 1.54. The van der Waals surface area contributed by atoms with E-state index in [9.17, 15) is 0 Å². The van der Waals surface area contributed by atoms with E-state index in [1.165, 1.54) is 0 Å². The van der Waals surface area contributed by atoms with E-state index < -0.39 is 0 Å². The molecule has 2 aromatic rings. The van der Waals surface area contributed by atoms with Crippen molar-refractivity contribution in [1.29, 1.82) is 0 Å². The monoisotopic (exact) mass is 322 g/mol. The first-order valence-electron chi connectivity index (χ1n) is 5.27. The Morgan fingerprint density at radius 3 is 2.72 bits per heavy atom. The molecule has 1 aromatic carbocycles. The molecule has 0 fully saturated rings. The molecule has 0 aliphatic heterocycles. The number of pyridine rings is 1. The van der Waals surface area contributed by atoms with E-state index in [2.05, 4.69) is 20.9 Å². The second-order valence-corrected chi connectivity index (χ2v) is 5.00. The predicted octanol–water partition coefficient (Wildman–Crippen LogP) is 3.58. The molecule has 0 atom stereocenters. The Bertz CT molecular complexity index is 601. The molecule has 92 valence electrons. The molecule has 2 rings (SSSR count). The Balaban J connectivity index is 2.44. The van der Waals surface area contributed by atoms with E-state index in [1.807, 2.05) is 37.3 Å². The second kappa shape index (κ2) is 5.46. The summed E-state index contributed by atoms with van der Waals surface area (Å²) in [5.74, 6) is 1.10. The first kappa shape index (κ1) is 13.0. The van der Waals surface area contributed by atoms with E-state index in [0.717, 1.165) is 10.0 Å². The third kappa shape index (κ3) is 2.68. The van der Waals surface area contributed by atoms with Crippen molar-refractivity contribution >= 4 is 33.1 Å². The Kier molecular flexibility index (Phi) is 3.93. The molecule has 5 heteroatoms. The van der Waals surface area contributed by atoms with Crippen molar-refractivity contribution in [3.8, 4) is 11.6 Å². The molecule has 0 spiro atoms. The number of ether oxygens (including phenoxy) is 1. The van der Waals surface area contributed by atoms with Crippen LogP contribution in [0.2, 0.25) is 0 Å². The molecule has 0 saturated heterocycles. The fourth-order valence-corrected chi connectivity index (χ4v) is 2.16. The van der Waals surface area contributed by atoms with Crippen LogP contribution in [-0.4, -0.2) is 9.97 Å². The molecule has 0 aliphatic carbocycles. The smallest absolute Gasteiger partial charge is 0.229 e. The van der Waals surface area contributed by atoms with Crippen LogP contribution in [0.3, 0.4) is 0 Å². The number of aryl methyl sites for hydroxylation is 1. The molecule has 0 radical (unpaired) electrons. The van der Waals surface area contributed by atoms with Crippen molar-refractivity contribution in [1.82, 2.24) is 4.98 Å². The van der Waals surface area contributed by atoms with E-state index in [1.54, 1.807) is 6.20 Å². The summed E-state index contributed by atoms with van der Waals surface area (Å²) in [6, 6.07) is 9.38. The largest absolute Gasteiger partial charge is 0.437 e. The third-order valence-corrected chi connectivity index (χ3v) is 3.27. The summed E-state index contributed by atoms with van der Waals surface area (Å²) in [7, 11) is 0. The topological polar surface area (TPSA) is 48.1 Å². The Morgan fingerprint density at radius 1 is 1.33 bits per heavy atom. The van der Waals surface area contributed by atoms with Gasteiger partial charge in [0.1, 0.15) is 10.7 Å². The van der Waals surface area contributed by atoms with Gasteiger partial charge in [-0.1, -0.05) is 24.4 Å². The number of rotatable bonds is 3. The van der Waals surface area contributed by atoms with Crippen LogP contribution < -0.4 is 10.5 Å². The highest BCUT2D eigenvalue weighted by atomic mass is 79.9. The number of hydrogen-bond donors (Lipinski definition) is 1. The second-order valence-electron chi connectivity index (χ2n) is 3.70. The first-order chi connectivity index (χ1) is 8.59. The molecule has 0 bridgehead atoms. The summed E-state index contributed by atoms with van der Waals surface area (Å²) >= 11 is 8.45. The number of hydrogen-bond acceptors (Lipinski definition) is 3. The highest BCUT2D eigenvalue weighted by molar-refractivity contribution is 9.10. The average Bonchev–Trinajstić information content (AvgIpc) is 2.31. The van der Waals surface area contributed by atoms with Crippen molar-refractivity contribution in [3.05, 3.63) is 52.1 Å². The maximum Gasteiger partial charge on any atom is 0.229 e. The zero-order chi connectivity index (χ0) is 13.1. The van der Waals surface area contributed by atoms with Crippen molar-refractivity contribution in [2.24, 2.45) is 5.73 Å². The van der Waals surface area contributed by atoms with E-state index >= 15 is 0 Å². The van der Waals surface area contributed by atoms with Gasteiger partial charge in [0, 0.05) is 6.20 Å². The Morgan fingerprint density at radius 2 is 2.06 bits per heavy atom. The number of benzene rings is 1. The molecule has 2 N–H and O–H groups in total. The third-order valence-electron chi connectivity index (χ3n) is 2.41. The van der Waals surface area contributed by atoms with Crippen LogP contribution in [0, 0.1) is 6.92 Å². The van der Waals surface area contributed by atoms with E-state index in [4.69, 9.17) is 22.7 Å². The van der Waals surface area contributed by atoms with Gasteiger partial charge in [-0.25, -0.2) is 4.98 Å². The average molecular weight is 323 g/mol. The molecule has 18 heavy (non-hydrogen) atoms. The lowest BCUT2D eigenvalue weighted by molar-refractivity contribution is 0.458. The standard InChI is InChI=1S/C13H11BrN2OS/c1-8-6-7-16-13(11(8)12(15)18)17-10-5-3-2-4-9(10)14/h2-7H,1H3,(H2,15,18). The highest BCUT2D eigenvalue weighted by Crippen LogP contribution is 2.30. The van der Waals surface area contributed by atoms with Crippen LogP contribution in [-0.2, 0) is 0 Å². The van der Waals surface area contributed by atoms with Crippen LogP contribution in [0.15, 0.2) is 41.0 Å². The number of nitrogens with zero attached hydrogens (tertiary/aromatic N) is 1. The summed E-state index contributed by atoms with van der Waals surface area (Å²) in [6.07, 6.45) is 1.67. The van der Waals surface area contributed by atoms with Crippen LogP contribution in [0.4, 0.5) is 0 Å². The van der Waals surface area contributed by atoms with Gasteiger partial charge in [-0.3, -0.25) is 0 Å². The molecule has 0 amide bonds. The molecular formula is C13H11BrN2OS. The van der Waals surface area contributed by atoms with Gasteiger partial charge in [0.05, 0.1) is 10.0 Å². The zero-order valence-corrected chi connectivity index (χ0v) is 12.1. The van der Waals surface area contributed by atoms with E-state index in [-0.39, 0.29) is 4.99 Å². The van der Waals surface area contributed by atoms with Crippen LogP contribution in [0.5, 0.6) is 11.6 Å². The molecule has 3 nitrogen and oxygen atoms in total. The van der Waals surface area contributed by atoms with Crippen molar-refractivity contribution in [2.75, 3.05) is 0 Å². The molecule has 0 aliphatic rings. The summed E-state index contributed by atoms with van der Waals surface area (Å²) in [6.45, 7) is 1.92. The van der Waals surface area contributed by atoms with Crippen molar-refractivity contribution < 1.29 is 4.74 Å². The molecule has 1 aromatic heterocycles. The summed E-state index contributed by atoms with van der Waals surface area (Å²) in [5, 5.41) is 0. The van der Waals surface area contributed by atoms with Crippen LogP contribution >= 0.6 is 28.1 Å². The van der Waals surface area contributed by atoms with Crippen LogP contribution in [0.1, 0.15) is 11.1 Å². The number of para-hydroxylation sites is 1. The number of halogens is 1. The highest BCUT2D eigenvalue weighted by Gasteiger charge is 2.13. The molecule has 1 heterocycles. The molecular weight excluding hydrogens is 312 g/mol. The number of thiocarbonyl (C=S) groups is 1. The lowest BCUT2D eigenvalue weighted by atomic mass is 10.1. The van der Waals surface area contributed by atoms with Gasteiger partial charge in [0.25, 0.3) is 0 Å². The van der Waals surface area contributed by atoms with Gasteiger partial charge in [0.2, 0.25) is 5.88 Å². The minimum atomic E-state index is 0.280. The maximum absolute atomic E-state index is 5.76. The predicted molar refractivity (Wildman–Crippen MR) is 79.1 cm³/mol. The normalized spacial score (nSPS) is 10.1. The van der Waals surface area contributed by atoms with E-state index in [0.29, 0.717) is 17.2 Å². The minimum absolute atomic E-state index is 0.280. The van der Waals surface area contributed by atoms with Gasteiger partial charge in [-0.05, 0) is 46.6 Å². The lowest BCUT2D eigenvalue weighted by Crippen LogP contribution is -2.13. The zero-order valence-electron chi connectivity index (χ0n) is 9.68. The molecule has 0 saturated carbocycles. The van der Waals surface area contributed by atoms with Crippen molar-refractivity contribution in [3.63, 3.8) is 0 Å². The molecule has 0 unspecified atom stereocenters. The van der Waals surface area contributed by atoms with Crippen LogP contribution in [0.25, 0.3) is 0 Å². The fraction of sp³-hybridized carbons (Fsp3) is 0.0769. The number of nitrogens with two attached hydrogens (primary N) is 1. The summed E-state index contributed by atoms with van der Waals surface area (Å²) < 4.78 is 6.61. The van der Waals surface area contributed by atoms with Gasteiger partial charge in [-0.2, -0.15) is 0 Å². The van der Waals surface area contributed by atoms with Crippen molar-refractivity contribution in [2.45, 2.75) is 6.92 Å². The summed E-state index contributed by atoms with van der Waals surface area (Å²) in [5.41, 5.74) is 7.32. The van der Waals surface area contributed by atoms with Gasteiger partial charge >= 0.3 is 0 Å². The lowest BCUT2D eigenvalue weighted by Gasteiger charge is -2.12. The summed E-state index contributed by atoms with van der Waals surface area (Å²) in [4.78, 5) is 4.47. The van der Waals surface area contributed by atoms with Gasteiger partial charge in [0.15, 0.2) is 0 Å². The first-order valence-corrected chi connectivity index (χ1v) is 6.47. The minimum Gasteiger partial charge on any atom is -0.437 e. The van der Waals surface area contributed by atoms with Gasteiger partial charge in [-0.15, -0.1) is 0 Å². The quantitative estimate of drug-likeness (QED) is 0.877. The number of aromatic nitrogens is 1.